The summed E-state index contributed by atoms with van der Waals surface area (Å²) in [5.74, 6) is -0.720. The lowest BCUT2D eigenvalue weighted by atomic mass is 9.99. The van der Waals surface area contributed by atoms with E-state index >= 15 is 0 Å². The van der Waals surface area contributed by atoms with E-state index < -0.39 is 0 Å². The molecule has 116 valence electrons. The number of carbonyl (C=O) groups is 2. The average Bonchev–Trinajstić information content (AvgIpc) is 2.82. The van der Waals surface area contributed by atoms with Gasteiger partial charge in [-0.3, -0.25) is 9.59 Å². The number of amides is 2. The number of hydrazone groups is 2. The van der Waals surface area contributed by atoms with E-state index in [0.29, 0.717) is 23.5 Å². The molecule has 1 atom stereocenters. The van der Waals surface area contributed by atoms with Crippen LogP contribution in [0.3, 0.4) is 0 Å². The van der Waals surface area contributed by atoms with Crippen LogP contribution in [-0.4, -0.2) is 23.2 Å². The van der Waals surface area contributed by atoms with Gasteiger partial charge in [0.05, 0.1) is 11.6 Å². The van der Waals surface area contributed by atoms with Crippen molar-refractivity contribution in [3.05, 3.63) is 29.8 Å². The van der Waals surface area contributed by atoms with E-state index in [0.717, 1.165) is 5.56 Å². The van der Waals surface area contributed by atoms with E-state index in [1.165, 1.54) is 0 Å². The maximum atomic E-state index is 11.8. The van der Waals surface area contributed by atoms with Crippen LogP contribution in [0, 0.1) is 5.92 Å². The summed E-state index contributed by atoms with van der Waals surface area (Å²) in [6.07, 6.45) is 0.632. The fourth-order valence-corrected chi connectivity index (χ4v) is 2.10. The van der Waals surface area contributed by atoms with Gasteiger partial charge in [0.15, 0.2) is 0 Å². The minimum Gasteiger partial charge on any atom is -0.399 e. The number of rotatable bonds is 5. The molecule has 1 aromatic rings. The highest BCUT2D eigenvalue weighted by atomic mass is 16.2. The van der Waals surface area contributed by atoms with Crippen molar-refractivity contribution in [1.82, 2.24) is 10.9 Å². The number of nitrogens with two attached hydrogens (primary N) is 1. The van der Waals surface area contributed by atoms with Gasteiger partial charge in [-0.2, -0.15) is 10.2 Å². The lowest BCUT2D eigenvalue weighted by Gasteiger charge is -2.07. The first-order valence-electron chi connectivity index (χ1n) is 7.00. The molecule has 4 N–H and O–H groups in total. The quantitative estimate of drug-likeness (QED) is 0.429. The van der Waals surface area contributed by atoms with Crippen molar-refractivity contribution in [3.8, 4) is 0 Å². The van der Waals surface area contributed by atoms with Crippen LogP contribution in [-0.2, 0) is 9.59 Å². The second-order valence-corrected chi connectivity index (χ2v) is 5.17. The normalized spacial score (nSPS) is 17.9. The van der Waals surface area contributed by atoms with Crippen LogP contribution in [0.1, 0.15) is 32.3 Å². The maximum Gasteiger partial charge on any atom is 0.248 e. The molecule has 0 fully saturated rings. The Hall–Kier alpha value is -2.70. The van der Waals surface area contributed by atoms with Crippen molar-refractivity contribution in [1.29, 1.82) is 0 Å². The van der Waals surface area contributed by atoms with Crippen molar-refractivity contribution in [3.63, 3.8) is 0 Å². The molecule has 0 bridgehead atoms. The zero-order chi connectivity index (χ0) is 16.1. The number of nitrogen functional groups attached to an aromatic ring is 1. The highest BCUT2D eigenvalue weighted by Gasteiger charge is 2.26. The van der Waals surface area contributed by atoms with Gasteiger partial charge in [0.2, 0.25) is 11.8 Å². The number of nitrogens with one attached hydrogen (secondary N) is 2. The van der Waals surface area contributed by atoms with E-state index in [2.05, 4.69) is 21.1 Å². The first-order valence-corrected chi connectivity index (χ1v) is 7.00. The van der Waals surface area contributed by atoms with E-state index in [1.54, 1.807) is 26.0 Å². The molecule has 0 saturated heterocycles. The summed E-state index contributed by atoms with van der Waals surface area (Å²) in [6, 6.07) is 7.22. The number of benzene rings is 1. The van der Waals surface area contributed by atoms with Gasteiger partial charge in [-0.05, 0) is 38.0 Å². The van der Waals surface area contributed by atoms with Crippen LogP contribution in [0.2, 0.25) is 0 Å². The molecule has 1 aliphatic heterocycles. The molecule has 0 radical (unpaired) electrons. The molecular formula is C15H19N5O2. The smallest absolute Gasteiger partial charge is 0.248 e. The summed E-state index contributed by atoms with van der Waals surface area (Å²) in [6.45, 7) is 3.57. The zero-order valence-electron chi connectivity index (χ0n) is 12.6. The number of carbonyl (C=O) groups excluding carboxylic acids is 2. The van der Waals surface area contributed by atoms with Gasteiger partial charge >= 0.3 is 0 Å². The second kappa shape index (κ2) is 6.84. The van der Waals surface area contributed by atoms with Crippen LogP contribution in [0.5, 0.6) is 0 Å². The summed E-state index contributed by atoms with van der Waals surface area (Å²) in [7, 11) is 0. The van der Waals surface area contributed by atoms with Gasteiger partial charge in [0.25, 0.3) is 0 Å². The Bertz CT molecular complexity index is 634. The molecule has 1 aliphatic rings. The number of nitrogens with zero attached hydrogens (tertiary/aromatic N) is 2. The highest BCUT2D eigenvalue weighted by Crippen LogP contribution is 2.13. The number of anilines is 1. The van der Waals surface area contributed by atoms with Crippen LogP contribution in [0.15, 0.2) is 34.5 Å². The van der Waals surface area contributed by atoms with Crippen molar-refractivity contribution >= 4 is 28.9 Å². The zero-order valence-corrected chi connectivity index (χ0v) is 12.6. The topological polar surface area (TPSA) is 109 Å². The standard InChI is InChI=1S/C15H19N5O2/c1-9(11-3-5-12(16)6-4-11)17-19-14(21)8-7-13-10(2)18-20-15(13)22/h3-6,13H,7-8,16H2,1-2H3,(H,19,21)(H,20,22)/b17-9+. The van der Waals surface area contributed by atoms with Gasteiger partial charge in [-0.1, -0.05) is 12.1 Å². The Morgan fingerprint density at radius 2 is 2.09 bits per heavy atom. The lowest BCUT2D eigenvalue weighted by Crippen LogP contribution is -2.25. The summed E-state index contributed by atoms with van der Waals surface area (Å²) in [5.41, 5.74) is 13.5. The largest absolute Gasteiger partial charge is 0.399 e. The molecule has 1 unspecified atom stereocenters. The Morgan fingerprint density at radius 3 is 2.68 bits per heavy atom. The monoisotopic (exact) mass is 301 g/mol. The second-order valence-electron chi connectivity index (χ2n) is 5.17. The molecule has 2 amide bonds. The molecule has 1 heterocycles. The van der Waals surface area contributed by atoms with E-state index in [1.807, 2.05) is 12.1 Å². The molecular weight excluding hydrogens is 282 g/mol. The average molecular weight is 301 g/mol. The molecule has 2 rings (SSSR count). The predicted molar refractivity (Wildman–Crippen MR) is 85.2 cm³/mol. The summed E-state index contributed by atoms with van der Waals surface area (Å²) in [5, 5.41) is 7.90. The minimum atomic E-state index is -0.326. The van der Waals surface area contributed by atoms with Gasteiger partial charge in [-0.15, -0.1) is 0 Å². The summed E-state index contributed by atoms with van der Waals surface area (Å²) >= 11 is 0. The molecule has 7 nitrogen and oxygen atoms in total. The van der Waals surface area contributed by atoms with E-state index in [9.17, 15) is 9.59 Å². The maximum absolute atomic E-state index is 11.8. The Balaban J connectivity index is 1.84. The molecule has 22 heavy (non-hydrogen) atoms. The van der Waals surface area contributed by atoms with Crippen molar-refractivity contribution in [2.75, 3.05) is 5.73 Å². The van der Waals surface area contributed by atoms with Gasteiger partial charge in [0, 0.05) is 17.8 Å². The van der Waals surface area contributed by atoms with E-state index in [-0.39, 0.29) is 24.2 Å². The van der Waals surface area contributed by atoms with Gasteiger partial charge in [0.1, 0.15) is 0 Å². The Morgan fingerprint density at radius 1 is 1.41 bits per heavy atom. The summed E-state index contributed by atoms with van der Waals surface area (Å²) in [4.78, 5) is 23.3. The van der Waals surface area contributed by atoms with Crippen LogP contribution >= 0.6 is 0 Å². The minimum absolute atomic E-state index is 0.160. The predicted octanol–water partition coefficient (Wildman–Crippen LogP) is 1.01. The highest BCUT2D eigenvalue weighted by molar-refractivity contribution is 6.07. The first-order chi connectivity index (χ1) is 10.5. The number of hydrogen-bond acceptors (Lipinski definition) is 5. The lowest BCUT2D eigenvalue weighted by molar-refractivity contribution is -0.123. The van der Waals surface area contributed by atoms with Crippen LogP contribution in [0.25, 0.3) is 0 Å². The fourth-order valence-electron chi connectivity index (χ4n) is 2.10. The first kappa shape index (κ1) is 15.7. The Labute approximate surface area is 128 Å². The van der Waals surface area contributed by atoms with Crippen molar-refractivity contribution in [2.24, 2.45) is 16.1 Å². The fraction of sp³-hybridized carbons (Fsp3) is 0.333. The number of hydrogen-bond donors (Lipinski definition) is 3. The third-order valence-corrected chi connectivity index (χ3v) is 3.50. The molecule has 0 spiro atoms. The van der Waals surface area contributed by atoms with Crippen molar-refractivity contribution in [2.45, 2.75) is 26.7 Å². The summed E-state index contributed by atoms with van der Waals surface area (Å²) < 4.78 is 0. The van der Waals surface area contributed by atoms with Gasteiger partial charge in [-0.25, -0.2) is 10.9 Å². The third kappa shape index (κ3) is 3.91. The SMILES string of the molecule is CC1=NNC(=O)C1CCC(=O)N/N=C(\C)c1ccc(N)cc1. The van der Waals surface area contributed by atoms with Gasteiger partial charge < -0.3 is 5.73 Å². The third-order valence-electron chi connectivity index (χ3n) is 3.50. The molecule has 0 aliphatic carbocycles. The van der Waals surface area contributed by atoms with Crippen LogP contribution < -0.4 is 16.6 Å². The Kier molecular flexibility index (Phi) is 4.88. The molecule has 0 aromatic heterocycles. The molecule has 7 heteroatoms. The molecule has 0 saturated carbocycles. The van der Waals surface area contributed by atoms with E-state index in [4.69, 9.17) is 5.73 Å². The van der Waals surface area contributed by atoms with Crippen LogP contribution in [0.4, 0.5) is 5.69 Å². The van der Waals surface area contributed by atoms with Crippen molar-refractivity contribution < 1.29 is 9.59 Å². The molecule has 1 aromatic carbocycles.